The predicted octanol–water partition coefficient (Wildman–Crippen LogP) is 1.79. The topological polar surface area (TPSA) is 184 Å². The highest BCUT2D eigenvalue weighted by Gasteiger charge is 2.38. The lowest BCUT2D eigenvalue weighted by Gasteiger charge is -2.33. The van der Waals surface area contributed by atoms with Crippen LogP contribution in [0, 0.1) is 5.41 Å². The number of carbonyl (C=O) groups excluding carboxylic acids is 2. The number of halogens is 3. The van der Waals surface area contributed by atoms with Gasteiger partial charge in [0.2, 0.25) is 11.8 Å². The summed E-state index contributed by atoms with van der Waals surface area (Å²) in [6, 6.07) is 15.5. The molecule has 0 bridgehead atoms. The van der Waals surface area contributed by atoms with Crippen LogP contribution in [0.25, 0.3) is 0 Å². The zero-order chi connectivity index (χ0) is 31.3. The Hall–Kier alpha value is -4.33. The first-order valence-corrected chi connectivity index (χ1v) is 13.3. The number of carboxylic acid groups (broad SMARTS) is 1. The summed E-state index contributed by atoms with van der Waals surface area (Å²) in [5.41, 5.74) is 13.6. The van der Waals surface area contributed by atoms with Crippen molar-refractivity contribution in [2.45, 2.75) is 56.9 Å². The van der Waals surface area contributed by atoms with Gasteiger partial charge < -0.3 is 36.8 Å². The molecule has 0 saturated carbocycles. The Bertz CT molecular complexity index is 1170. The van der Waals surface area contributed by atoms with Crippen LogP contribution in [-0.4, -0.2) is 77.7 Å². The van der Waals surface area contributed by atoms with Crippen LogP contribution >= 0.6 is 0 Å². The van der Waals surface area contributed by atoms with E-state index in [0.717, 1.165) is 16.9 Å². The number of amides is 2. The molecule has 2 amide bonds. The third-order valence-corrected chi connectivity index (χ3v) is 6.37. The van der Waals surface area contributed by atoms with Crippen LogP contribution in [-0.2, 0) is 27.2 Å². The number of aliphatic carboxylic acids is 1. The molecule has 2 atom stereocenters. The van der Waals surface area contributed by atoms with Gasteiger partial charge in [0.25, 0.3) is 0 Å². The van der Waals surface area contributed by atoms with Gasteiger partial charge in [0.15, 0.2) is 5.96 Å². The molecule has 1 fully saturated rings. The predicted molar refractivity (Wildman–Crippen MR) is 150 cm³/mol. The van der Waals surface area contributed by atoms with E-state index in [-0.39, 0.29) is 23.8 Å². The van der Waals surface area contributed by atoms with Crippen LogP contribution < -0.4 is 26.8 Å². The van der Waals surface area contributed by atoms with Gasteiger partial charge in [0, 0.05) is 25.6 Å². The van der Waals surface area contributed by atoms with Gasteiger partial charge in [-0.05, 0) is 49.4 Å². The van der Waals surface area contributed by atoms with E-state index >= 15 is 0 Å². The van der Waals surface area contributed by atoms with Crippen LogP contribution in [0.3, 0.4) is 0 Å². The number of carbonyl (C=O) groups is 3. The Morgan fingerprint density at radius 3 is 2.07 bits per heavy atom. The van der Waals surface area contributed by atoms with Crippen molar-refractivity contribution in [1.82, 2.24) is 15.5 Å². The molecule has 3 rings (SSSR count). The van der Waals surface area contributed by atoms with Gasteiger partial charge in [-0.25, -0.2) is 4.79 Å². The zero-order valence-electron chi connectivity index (χ0n) is 23.2. The van der Waals surface area contributed by atoms with Gasteiger partial charge in [-0.15, -0.1) is 0 Å². The summed E-state index contributed by atoms with van der Waals surface area (Å²) in [7, 11) is 0. The number of ether oxygens (including phenoxy) is 1. The number of guanidine groups is 1. The van der Waals surface area contributed by atoms with Gasteiger partial charge >= 0.3 is 12.1 Å². The number of rotatable bonds is 10. The summed E-state index contributed by atoms with van der Waals surface area (Å²) < 4.78 is 37.2. The van der Waals surface area contributed by atoms with Crippen LogP contribution in [0.15, 0.2) is 54.6 Å². The number of benzene rings is 2. The van der Waals surface area contributed by atoms with Crippen molar-refractivity contribution in [3.8, 4) is 5.75 Å². The lowest BCUT2D eigenvalue weighted by molar-refractivity contribution is -0.192. The molecule has 0 aromatic heterocycles. The number of piperidine rings is 1. The molecule has 1 saturated heterocycles. The SMILES string of the molecule is CCOc1ccc(CC(N)C(=O)N[C@H](Cc2ccccc2)C(=O)NC2CCN(C(=N)N)CC2)cc1.O=C(O)C(F)(F)F. The molecule has 1 aliphatic heterocycles. The van der Waals surface area contributed by atoms with Crippen LogP contribution in [0.4, 0.5) is 13.2 Å². The van der Waals surface area contributed by atoms with Crippen molar-refractivity contribution in [3.05, 3.63) is 65.7 Å². The minimum absolute atomic E-state index is 0.0363. The average molecular weight is 595 g/mol. The van der Waals surface area contributed by atoms with Gasteiger partial charge in [-0.2, -0.15) is 13.2 Å². The third-order valence-electron chi connectivity index (χ3n) is 6.37. The van der Waals surface area contributed by atoms with Crippen molar-refractivity contribution in [2.24, 2.45) is 11.5 Å². The van der Waals surface area contributed by atoms with Crippen LogP contribution in [0.1, 0.15) is 30.9 Å². The van der Waals surface area contributed by atoms with E-state index in [1.165, 1.54) is 0 Å². The lowest BCUT2D eigenvalue weighted by Crippen LogP contribution is -2.56. The average Bonchev–Trinajstić information content (AvgIpc) is 2.94. The Balaban J connectivity index is 0.000000782. The van der Waals surface area contributed by atoms with E-state index < -0.39 is 24.2 Å². The first kappa shape index (κ1) is 33.9. The summed E-state index contributed by atoms with van der Waals surface area (Å²) >= 11 is 0. The Morgan fingerprint density at radius 2 is 1.57 bits per heavy atom. The van der Waals surface area contributed by atoms with Crippen molar-refractivity contribution in [1.29, 1.82) is 5.41 Å². The highest BCUT2D eigenvalue weighted by Crippen LogP contribution is 2.15. The first-order chi connectivity index (χ1) is 19.8. The molecular formula is C28H37F3N6O5. The standard InChI is InChI=1S/C26H36N6O3.C2HF3O2/c1-2-35-21-10-8-19(9-11-21)16-22(27)24(33)31-23(17-18-6-4-3-5-7-18)25(34)30-20-12-14-32(15-13-20)26(28)29;3-2(4,5)1(6)7/h3-11,20,22-23H,2,12-17,27H2,1H3,(H3,28,29)(H,30,34)(H,31,33);(H,6,7)/t22?,23-;/m1./s1. The van der Waals surface area contributed by atoms with Crippen molar-refractivity contribution >= 4 is 23.7 Å². The molecule has 0 radical (unpaired) electrons. The monoisotopic (exact) mass is 594 g/mol. The number of carboxylic acids is 1. The van der Waals surface area contributed by atoms with Crippen LogP contribution in [0.5, 0.6) is 5.75 Å². The zero-order valence-corrected chi connectivity index (χ0v) is 23.2. The maximum absolute atomic E-state index is 13.2. The number of nitrogens with two attached hydrogens (primary N) is 2. The number of likely N-dealkylation sites (tertiary alicyclic amines) is 1. The molecule has 1 heterocycles. The van der Waals surface area contributed by atoms with Crippen LogP contribution in [0.2, 0.25) is 0 Å². The fourth-order valence-electron chi connectivity index (χ4n) is 4.14. The highest BCUT2D eigenvalue weighted by molar-refractivity contribution is 5.90. The number of hydrogen-bond acceptors (Lipinski definition) is 6. The minimum Gasteiger partial charge on any atom is -0.494 e. The molecule has 230 valence electrons. The molecule has 0 aliphatic carbocycles. The van der Waals surface area contributed by atoms with E-state index in [9.17, 15) is 22.8 Å². The van der Waals surface area contributed by atoms with Crippen molar-refractivity contribution in [3.63, 3.8) is 0 Å². The summed E-state index contributed by atoms with van der Waals surface area (Å²) in [6.45, 7) is 3.74. The normalized spacial score (nSPS) is 14.9. The fraction of sp³-hybridized carbons (Fsp3) is 0.429. The van der Waals surface area contributed by atoms with E-state index in [0.29, 0.717) is 45.4 Å². The molecule has 2 aromatic carbocycles. The summed E-state index contributed by atoms with van der Waals surface area (Å²) in [5.74, 6) is -2.56. The molecule has 42 heavy (non-hydrogen) atoms. The van der Waals surface area contributed by atoms with Gasteiger partial charge in [-0.1, -0.05) is 42.5 Å². The largest absolute Gasteiger partial charge is 0.494 e. The first-order valence-electron chi connectivity index (χ1n) is 13.3. The summed E-state index contributed by atoms with van der Waals surface area (Å²) in [5, 5.41) is 20.6. The quantitative estimate of drug-likeness (QED) is 0.178. The molecule has 8 N–H and O–H groups in total. The number of nitrogens with zero attached hydrogens (tertiary/aromatic N) is 1. The van der Waals surface area contributed by atoms with Crippen molar-refractivity contribution in [2.75, 3.05) is 19.7 Å². The number of nitrogens with one attached hydrogen (secondary N) is 3. The molecule has 0 spiro atoms. The second-order valence-corrected chi connectivity index (χ2v) is 9.60. The third kappa shape index (κ3) is 11.6. The second kappa shape index (κ2) is 16.2. The number of alkyl halides is 3. The van der Waals surface area contributed by atoms with Gasteiger partial charge in [-0.3, -0.25) is 15.0 Å². The van der Waals surface area contributed by atoms with Crippen molar-refractivity contribution < 1.29 is 37.4 Å². The molecule has 1 unspecified atom stereocenters. The maximum Gasteiger partial charge on any atom is 0.490 e. The second-order valence-electron chi connectivity index (χ2n) is 9.60. The summed E-state index contributed by atoms with van der Waals surface area (Å²) in [4.78, 5) is 36.8. The molecule has 11 nitrogen and oxygen atoms in total. The fourth-order valence-corrected chi connectivity index (χ4v) is 4.14. The van der Waals surface area contributed by atoms with E-state index in [4.69, 9.17) is 31.5 Å². The molecule has 2 aromatic rings. The Labute approximate surface area is 241 Å². The minimum atomic E-state index is -5.08. The Kier molecular flexibility index (Phi) is 13.1. The van der Waals surface area contributed by atoms with E-state index in [1.807, 2.05) is 61.5 Å². The molecular weight excluding hydrogens is 557 g/mol. The molecule has 1 aliphatic rings. The van der Waals surface area contributed by atoms with E-state index in [1.54, 1.807) is 4.90 Å². The van der Waals surface area contributed by atoms with Gasteiger partial charge in [0.1, 0.15) is 11.8 Å². The maximum atomic E-state index is 13.2. The smallest absolute Gasteiger partial charge is 0.490 e. The highest BCUT2D eigenvalue weighted by atomic mass is 19.4. The van der Waals surface area contributed by atoms with Gasteiger partial charge in [0.05, 0.1) is 12.6 Å². The molecule has 14 heteroatoms. The summed E-state index contributed by atoms with van der Waals surface area (Å²) in [6.07, 6.45) is -2.99. The Morgan fingerprint density at radius 1 is 1.02 bits per heavy atom. The van der Waals surface area contributed by atoms with E-state index in [2.05, 4.69) is 10.6 Å². The lowest BCUT2D eigenvalue weighted by atomic mass is 10.0. The number of hydrogen-bond donors (Lipinski definition) is 6.